The summed E-state index contributed by atoms with van der Waals surface area (Å²) < 4.78 is 0. The van der Waals surface area contributed by atoms with Crippen LogP contribution in [0.2, 0.25) is 0 Å². The largest absolute Gasteiger partial charge is 0.356 e. The van der Waals surface area contributed by atoms with Crippen LogP contribution in [0.4, 0.5) is 5.82 Å². The van der Waals surface area contributed by atoms with Crippen LogP contribution in [0.3, 0.4) is 0 Å². The molecule has 0 aromatic carbocycles. The van der Waals surface area contributed by atoms with Crippen molar-refractivity contribution in [3.05, 3.63) is 18.1 Å². The SMILES string of the molecule is CC(C)N(C)c1cnc(CCl)cn1. The Hall–Kier alpha value is -0.830. The van der Waals surface area contributed by atoms with Crippen molar-refractivity contribution < 1.29 is 0 Å². The predicted octanol–water partition coefficient (Wildman–Crippen LogP) is 2.06. The van der Waals surface area contributed by atoms with Gasteiger partial charge in [0.05, 0.1) is 24.0 Å². The van der Waals surface area contributed by atoms with E-state index in [1.165, 1.54) is 0 Å². The first-order valence-electron chi connectivity index (χ1n) is 4.25. The Kier molecular flexibility index (Phi) is 3.48. The number of aromatic nitrogens is 2. The van der Waals surface area contributed by atoms with Crippen LogP contribution in [0.15, 0.2) is 12.4 Å². The molecular formula is C9H14ClN3. The van der Waals surface area contributed by atoms with Gasteiger partial charge in [-0.15, -0.1) is 11.6 Å². The number of halogens is 1. The average molecular weight is 200 g/mol. The zero-order valence-corrected chi connectivity index (χ0v) is 8.91. The summed E-state index contributed by atoms with van der Waals surface area (Å²) in [6.07, 6.45) is 3.46. The van der Waals surface area contributed by atoms with E-state index in [1.54, 1.807) is 12.4 Å². The molecule has 0 saturated carbocycles. The highest BCUT2D eigenvalue weighted by atomic mass is 35.5. The van der Waals surface area contributed by atoms with Crippen molar-refractivity contribution in [2.45, 2.75) is 25.8 Å². The summed E-state index contributed by atoms with van der Waals surface area (Å²) in [5, 5.41) is 0. The summed E-state index contributed by atoms with van der Waals surface area (Å²) in [5.41, 5.74) is 0.808. The van der Waals surface area contributed by atoms with Gasteiger partial charge in [-0.3, -0.25) is 4.98 Å². The third kappa shape index (κ3) is 2.56. The lowest BCUT2D eigenvalue weighted by Crippen LogP contribution is -2.26. The minimum Gasteiger partial charge on any atom is -0.356 e. The van der Waals surface area contributed by atoms with E-state index < -0.39 is 0 Å². The average Bonchev–Trinajstić information content (AvgIpc) is 2.17. The molecule has 0 amide bonds. The van der Waals surface area contributed by atoms with Crippen molar-refractivity contribution in [1.82, 2.24) is 9.97 Å². The van der Waals surface area contributed by atoms with Crippen molar-refractivity contribution in [2.24, 2.45) is 0 Å². The molecular weight excluding hydrogens is 186 g/mol. The number of alkyl halides is 1. The van der Waals surface area contributed by atoms with Crippen LogP contribution >= 0.6 is 11.6 Å². The van der Waals surface area contributed by atoms with Crippen LogP contribution in [0, 0.1) is 0 Å². The Morgan fingerprint density at radius 3 is 2.46 bits per heavy atom. The van der Waals surface area contributed by atoms with E-state index in [4.69, 9.17) is 11.6 Å². The van der Waals surface area contributed by atoms with Gasteiger partial charge >= 0.3 is 0 Å². The highest BCUT2D eigenvalue weighted by molar-refractivity contribution is 6.16. The number of anilines is 1. The Labute approximate surface area is 83.8 Å². The summed E-state index contributed by atoms with van der Waals surface area (Å²) in [6, 6.07) is 0.427. The first-order chi connectivity index (χ1) is 6.15. The first-order valence-corrected chi connectivity index (χ1v) is 4.78. The maximum Gasteiger partial charge on any atom is 0.147 e. The molecule has 0 aliphatic carbocycles. The molecule has 0 atom stereocenters. The molecule has 0 N–H and O–H groups in total. The first kappa shape index (κ1) is 10.3. The van der Waals surface area contributed by atoms with Gasteiger partial charge < -0.3 is 4.90 Å². The zero-order chi connectivity index (χ0) is 9.84. The van der Waals surface area contributed by atoms with E-state index in [0.29, 0.717) is 11.9 Å². The van der Waals surface area contributed by atoms with Gasteiger partial charge in [0.25, 0.3) is 0 Å². The van der Waals surface area contributed by atoms with E-state index >= 15 is 0 Å². The normalized spacial score (nSPS) is 10.5. The van der Waals surface area contributed by atoms with E-state index in [0.717, 1.165) is 11.5 Å². The second-order valence-corrected chi connectivity index (χ2v) is 3.47. The van der Waals surface area contributed by atoms with Gasteiger partial charge in [0.2, 0.25) is 0 Å². The molecule has 4 heteroatoms. The third-order valence-electron chi connectivity index (χ3n) is 1.96. The lowest BCUT2D eigenvalue weighted by molar-refractivity contribution is 0.739. The lowest BCUT2D eigenvalue weighted by Gasteiger charge is -2.21. The standard InChI is InChI=1S/C9H14ClN3/c1-7(2)13(3)9-6-11-8(4-10)5-12-9/h5-7H,4H2,1-3H3. The van der Waals surface area contributed by atoms with Gasteiger partial charge in [0.15, 0.2) is 0 Å². The molecule has 1 rings (SSSR count). The van der Waals surface area contributed by atoms with Crippen molar-refractivity contribution in [3.8, 4) is 0 Å². The molecule has 0 saturated heterocycles. The maximum atomic E-state index is 5.61. The van der Waals surface area contributed by atoms with Crippen molar-refractivity contribution in [3.63, 3.8) is 0 Å². The highest BCUT2D eigenvalue weighted by Crippen LogP contribution is 2.10. The van der Waals surface area contributed by atoms with Gasteiger partial charge in [-0.1, -0.05) is 0 Å². The van der Waals surface area contributed by atoms with Crippen LogP contribution in [0.5, 0.6) is 0 Å². The van der Waals surface area contributed by atoms with Gasteiger partial charge in [-0.05, 0) is 13.8 Å². The highest BCUT2D eigenvalue weighted by Gasteiger charge is 2.05. The van der Waals surface area contributed by atoms with Crippen molar-refractivity contribution in [1.29, 1.82) is 0 Å². The van der Waals surface area contributed by atoms with Crippen LogP contribution < -0.4 is 4.90 Å². The molecule has 72 valence electrons. The lowest BCUT2D eigenvalue weighted by atomic mass is 10.3. The molecule has 1 heterocycles. The second kappa shape index (κ2) is 4.42. The number of hydrogen-bond acceptors (Lipinski definition) is 3. The van der Waals surface area contributed by atoms with E-state index in [-0.39, 0.29) is 0 Å². The van der Waals surface area contributed by atoms with Gasteiger partial charge in [-0.2, -0.15) is 0 Å². The van der Waals surface area contributed by atoms with Crippen LogP contribution in [-0.4, -0.2) is 23.1 Å². The Bertz CT molecular complexity index is 258. The van der Waals surface area contributed by atoms with E-state index in [1.807, 2.05) is 7.05 Å². The topological polar surface area (TPSA) is 29.0 Å². The predicted molar refractivity (Wildman–Crippen MR) is 55.1 cm³/mol. The van der Waals surface area contributed by atoms with E-state index in [9.17, 15) is 0 Å². The van der Waals surface area contributed by atoms with Crippen LogP contribution in [-0.2, 0) is 5.88 Å². The Balaban J connectivity index is 2.79. The minimum absolute atomic E-state index is 0.415. The summed E-state index contributed by atoms with van der Waals surface area (Å²) in [7, 11) is 2.00. The molecule has 0 radical (unpaired) electrons. The quantitative estimate of drug-likeness (QED) is 0.698. The van der Waals surface area contributed by atoms with Crippen LogP contribution in [0.25, 0.3) is 0 Å². The Morgan fingerprint density at radius 1 is 1.38 bits per heavy atom. The fourth-order valence-electron chi connectivity index (χ4n) is 0.864. The van der Waals surface area contributed by atoms with Gasteiger partial charge in [-0.25, -0.2) is 4.98 Å². The van der Waals surface area contributed by atoms with Gasteiger partial charge in [0.1, 0.15) is 5.82 Å². The molecule has 0 spiro atoms. The second-order valence-electron chi connectivity index (χ2n) is 3.20. The minimum atomic E-state index is 0.415. The molecule has 1 aromatic heterocycles. The number of rotatable bonds is 3. The molecule has 0 aliphatic rings. The molecule has 13 heavy (non-hydrogen) atoms. The smallest absolute Gasteiger partial charge is 0.147 e. The van der Waals surface area contributed by atoms with Gasteiger partial charge in [0, 0.05) is 13.1 Å². The summed E-state index contributed by atoms with van der Waals surface area (Å²) in [4.78, 5) is 10.5. The zero-order valence-electron chi connectivity index (χ0n) is 8.16. The summed E-state index contributed by atoms with van der Waals surface area (Å²) in [5.74, 6) is 1.29. The molecule has 0 aliphatic heterocycles. The summed E-state index contributed by atoms with van der Waals surface area (Å²) >= 11 is 5.61. The monoisotopic (exact) mass is 199 g/mol. The third-order valence-corrected chi connectivity index (χ3v) is 2.24. The fraction of sp³-hybridized carbons (Fsp3) is 0.556. The number of hydrogen-bond donors (Lipinski definition) is 0. The van der Waals surface area contributed by atoms with Crippen molar-refractivity contribution >= 4 is 17.4 Å². The fourth-order valence-corrected chi connectivity index (χ4v) is 1.00. The molecule has 1 aromatic rings. The Morgan fingerprint density at radius 2 is 2.08 bits per heavy atom. The molecule has 0 bridgehead atoms. The summed E-state index contributed by atoms with van der Waals surface area (Å²) in [6.45, 7) is 4.22. The van der Waals surface area contributed by atoms with Crippen LogP contribution in [0.1, 0.15) is 19.5 Å². The van der Waals surface area contributed by atoms with E-state index in [2.05, 4.69) is 28.7 Å². The molecule has 0 fully saturated rings. The molecule has 3 nitrogen and oxygen atoms in total. The molecule has 0 unspecified atom stereocenters. The maximum absolute atomic E-state index is 5.61. The number of nitrogens with zero attached hydrogens (tertiary/aromatic N) is 3. The van der Waals surface area contributed by atoms with Crippen molar-refractivity contribution in [2.75, 3.05) is 11.9 Å².